The Morgan fingerprint density at radius 2 is 1.96 bits per heavy atom. The van der Waals surface area contributed by atoms with E-state index in [0.29, 0.717) is 54.8 Å². The number of alkyl halides is 3. The van der Waals surface area contributed by atoms with Crippen molar-refractivity contribution in [1.82, 2.24) is 30.0 Å². The van der Waals surface area contributed by atoms with Gasteiger partial charge in [-0.15, -0.1) is 0 Å². The molecule has 3 aromatic heterocycles. The number of nitrogens with one attached hydrogen (secondary N) is 3. The number of pyridine rings is 1. The molecule has 45 heavy (non-hydrogen) atoms. The number of carbonyl (C=O) groups is 1. The number of hydrogen-bond acceptors (Lipinski definition) is 10. The van der Waals surface area contributed by atoms with Crippen molar-refractivity contribution >= 4 is 37.4 Å². The highest BCUT2D eigenvalue weighted by Crippen LogP contribution is 2.44. The molecule has 3 N–H and O–H groups in total. The Labute approximate surface area is 258 Å². The number of nitrogens with zero attached hydrogens (tertiary/aromatic N) is 5. The number of methoxy groups -OCH3 is 1. The molecule has 0 spiro atoms. The summed E-state index contributed by atoms with van der Waals surface area (Å²) in [6, 6.07) is 8.44. The standard InChI is InChI=1S/C29H32F3N8O4P/c1-4-43-45-17-18-7-8-22(24(13-18)42-3)38-28-34-15-20(29(30,31)32)26(39-28)37-23-10-9-21(36-25(23)27(41)33-2)19-14-35-40(16-19)11-5-6-12-44-45/h7-10,13-16H,4-6,11-12,17H2,1-3H3,(H,33,41)(H2,34,37,38,39). The van der Waals surface area contributed by atoms with Gasteiger partial charge in [-0.25, -0.2) is 9.97 Å². The topological polar surface area (TPSA) is 137 Å². The van der Waals surface area contributed by atoms with Gasteiger partial charge in [0.2, 0.25) is 5.95 Å². The molecule has 8 bridgehead atoms. The maximum atomic E-state index is 14.1. The lowest BCUT2D eigenvalue weighted by Gasteiger charge is -2.19. The summed E-state index contributed by atoms with van der Waals surface area (Å²) in [6.45, 7) is 3.54. The molecule has 1 amide bonds. The van der Waals surface area contributed by atoms with E-state index in [1.54, 1.807) is 35.3 Å². The number of aromatic nitrogens is 5. The summed E-state index contributed by atoms with van der Waals surface area (Å²) in [4.78, 5) is 25.3. The van der Waals surface area contributed by atoms with Crippen molar-refractivity contribution in [1.29, 1.82) is 0 Å². The average molecular weight is 645 g/mol. The van der Waals surface area contributed by atoms with E-state index < -0.39 is 31.8 Å². The molecule has 0 aliphatic carbocycles. The summed E-state index contributed by atoms with van der Waals surface area (Å²) >= 11 is 0. The largest absolute Gasteiger partial charge is 0.495 e. The summed E-state index contributed by atoms with van der Waals surface area (Å²) in [7, 11) is 1.68. The van der Waals surface area contributed by atoms with Crippen LogP contribution >= 0.6 is 8.38 Å². The molecule has 1 atom stereocenters. The Bertz CT molecular complexity index is 1650. The predicted molar refractivity (Wildman–Crippen MR) is 163 cm³/mol. The molecule has 0 radical (unpaired) electrons. The molecule has 0 saturated carbocycles. The smallest absolute Gasteiger partial charge is 0.421 e. The zero-order valence-electron chi connectivity index (χ0n) is 24.8. The molecular formula is C29H32F3N8O4P. The van der Waals surface area contributed by atoms with E-state index in [1.807, 2.05) is 13.0 Å². The molecule has 1 aromatic carbocycles. The van der Waals surface area contributed by atoms with Crippen LogP contribution in [0, 0.1) is 0 Å². The van der Waals surface area contributed by atoms with Crippen LogP contribution in [0.25, 0.3) is 11.3 Å². The first-order valence-corrected chi connectivity index (χ1v) is 15.5. The zero-order chi connectivity index (χ0) is 32.0. The molecule has 12 nitrogen and oxygen atoms in total. The minimum atomic E-state index is -4.79. The monoisotopic (exact) mass is 644 g/mol. The number of benzene rings is 1. The van der Waals surface area contributed by atoms with E-state index in [-0.39, 0.29) is 17.3 Å². The number of rotatable bonds is 4. The van der Waals surface area contributed by atoms with Gasteiger partial charge in [0.15, 0.2) is 14.1 Å². The van der Waals surface area contributed by atoms with Gasteiger partial charge in [0.05, 0.1) is 43.6 Å². The van der Waals surface area contributed by atoms with Crippen molar-refractivity contribution < 1.29 is 31.8 Å². The number of amides is 1. The maximum Gasteiger partial charge on any atom is 0.421 e. The molecule has 7 rings (SSSR count). The van der Waals surface area contributed by atoms with Crippen LogP contribution in [0.4, 0.5) is 36.3 Å². The van der Waals surface area contributed by atoms with Crippen LogP contribution < -0.4 is 20.7 Å². The Morgan fingerprint density at radius 1 is 1.13 bits per heavy atom. The third kappa shape index (κ3) is 7.85. The molecule has 16 heteroatoms. The number of halogens is 3. The molecule has 3 aliphatic rings. The molecule has 0 fully saturated rings. The number of aryl methyl sites for hydroxylation is 1. The molecule has 6 heterocycles. The van der Waals surface area contributed by atoms with Gasteiger partial charge in [-0.2, -0.15) is 23.3 Å². The molecule has 0 saturated heterocycles. The second kappa shape index (κ2) is 14.2. The number of fused-ring (bicyclic) bond motifs is 2. The first kappa shape index (κ1) is 32.1. The normalized spacial score (nSPS) is 15.6. The van der Waals surface area contributed by atoms with E-state index >= 15 is 0 Å². The van der Waals surface area contributed by atoms with Gasteiger partial charge in [-0.3, -0.25) is 9.48 Å². The number of ether oxygens (including phenoxy) is 1. The summed E-state index contributed by atoms with van der Waals surface area (Å²) in [5, 5.41) is 12.5. The minimum absolute atomic E-state index is 0.0202. The van der Waals surface area contributed by atoms with Crippen molar-refractivity contribution in [3.05, 3.63) is 65.7 Å². The molecule has 238 valence electrons. The number of hydrogen-bond donors (Lipinski definition) is 3. The third-order valence-electron chi connectivity index (χ3n) is 6.73. The maximum absolute atomic E-state index is 14.1. The van der Waals surface area contributed by atoms with Crippen molar-refractivity contribution in [3.63, 3.8) is 0 Å². The molecule has 4 aromatic rings. The second-order valence-corrected chi connectivity index (χ2v) is 11.3. The average Bonchev–Trinajstić information content (AvgIpc) is 3.49. The van der Waals surface area contributed by atoms with Gasteiger partial charge >= 0.3 is 6.18 Å². The fraction of sp³-hybridized carbons (Fsp3) is 0.345. The van der Waals surface area contributed by atoms with Crippen LogP contribution in [0.5, 0.6) is 5.75 Å². The fourth-order valence-corrected chi connectivity index (χ4v) is 5.90. The minimum Gasteiger partial charge on any atom is -0.495 e. The second-order valence-electron chi connectivity index (χ2n) is 9.85. The highest BCUT2D eigenvalue weighted by atomic mass is 31.2. The third-order valence-corrected chi connectivity index (χ3v) is 8.37. The van der Waals surface area contributed by atoms with Gasteiger partial charge < -0.3 is 29.7 Å². The molecule has 1 unspecified atom stereocenters. The first-order chi connectivity index (χ1) is 21.7. The van der Waals surface area contributed by atoms with Crippen LogP contribution in [0.2, 0.25) is 0 Å². The first-order valence-electron chi connectivity index (χ1n) is 14.1. The van der Waals surface area contributed by atoms with Gasteiger partial charge in [-0.05, 0) is 49.6 Å². The number of anilines is 4. The van der Waals surface area contributed by atoms with E-state index in [9.17, 15) is 18.0 Å². The lowest BCUT2D eigenvalue weighted by molar-refractivity contribution is -0.137. The molecular weight excluding hydrogens is 612 g/mol. The SMILES string of the molecule is CCOP1Cc2ccc(c(OC)c2)Nc2ncc(C(F)(F)F)c(n2)Nc2ccc(nc2C(=O)NC)-c2cnn(c2)CCCCO1. The van der Waals surface area contributed by atoms with Crippen molar-refractivity contribution in [2.75, 3.05) is 38.0 Å². The Kier molecular flexibility index (Phi) is 10.1. The zero-order valence-corrected chi connectivity index (χ0v) is 25.7. The Morgan fingerprint density at radius 3 is 2.71 bits per heavy atom. The van der Waals surface area contributed by atoms with Crippen molar-refractivity contribution in [2.45, 2.75) is 38.6 Å². The highest BCUT2D eigenvalue weighted by Gasteiger charge is 2.36. The summed E-state index contributed by atoms with van der Waals surface area (Å²) in [5.74, 6) is -0.875. The van der Waals surface area contributed by atoms with Crippen molar-refractivity contribution in [2.24, 2.45) is 0 Å². The summed E-state index contributed by atoms with van der Waals surface area (Å²) < 4.78 is 61.5. The molecule has 3 aliphatic heterocycles. The van der Waals surface area contributed by atoms with E-state index in [0.717, 1.165) is 18.4 Å². The Balaban J connectivity index is 1.58. The quantitative estimate of drug-likeness (QED) is 0.218. The van der Waals surface area contributed by atoms with Crippen LogP contribution in [0.3, 0.4) is 0 Å². The lowest BCUT2D eigenvalue weighted by Crippen LogP contribution is -2.21. The van der Waals surface area contributed by atoms with Gasteiger partial charge in [0.25, 0.3) is 5.91 Å². The van der Waals surface area contributed by atoms with Crippen LogP contribution in [-0.2, 0) is 27.9 Å². The number of carbonyl (C=O) groups excluding carboxylic acids is 1. The van der Waals surface area contributed by atoms with E-state index in [4.69, 9.17) is 13.8 Å². The van der Waals surface area contributed by atoms with Crippen molar-refractivity contribution in [3.8, 4) is 17.0 Å². The van der Waals surface area contributed by atoms with Gasteiger partial charge in [0, 0.05) is 37.7 Å². The van der Waals surface area contributed by atoms with Crippen LogP contribution in [-0.4, -0.2) is 58.0 Å². The van der Waals surface area contributed by atoms with Crippen LogP contribution in [0.1, 0.15) is 41.4 Å². The fourth-order valence-electron chi connectivity index (χ4n) is 4.52. The Hall–Kier alpha value is -4.33. The van der Waals surface area contributed by atoms with Crippen LogP contribution in [0.15, 0.2) is 48.9 Å². The summed E-state index contributed by atoms with van der Waals surface area (Å²) in [6.07, 6.45) is 1.40. The van der Waals surface area contributed by atoms with Gasteiger partial charge in [0.1, 0.15) is 17.1 Å². The lowest BCUT2D eigenvalue weighted by atomic mass is 10.1. The highest BCUT2D eigenvalue weighted by molar-refractivity contribution is 7.46. The summed E-state index contributed by atoms with van der Waals surface area (Å²) in [5.41, 5.74) is 1.17. The van der Waals surface area contributed by atoms with E-state index in [2.05, 4.69) is 36.0 Å². The van der Waals surface area contributed by atoms with Gasteiger partial charge in [-0.1, -0.05) is 6.07 Å². The predicted octanol–water partition coefficient (Wildman–Crippen LogP) is 6.27. The van der Waals surface area contributed by atoms with E-state index in [1.165, 1.54) is 20.2 Å².